The van der Waals surface area contributed by atoms with E-state index in [9.17, 15) is 4.39 Å². The van der Waals surface area contributed by atoms with Gasteiger partial charge in [-0.05, 0) is 41.1 Å². The molecule has 1 atom stereocenters. The molecule has 0 bridgehead atoms. The quantitative estimate of drug-likeness (QED) is 0.721. The summed E-state index contributed by atoms with van der Waals surface area (Å²) in [6.45, 7) is 1.05. The summed E-state index contributed by atoms with van der Waals surface area (Å²) in [7, 11) is 2.48. The highest BCUT2D eigenvalue weighted by molar-refractivity contribution is 7.22. The Kier molecular flexibility index (Phi) is 2.40. The molecule has 1 unspecified atom stereocenters. The van der Waals surface area contributed by atoms with Gasteiger partial charge in [0, 0.05) is 19.4 Å². The van der Waals surface area contributed by atoms with Gasteiger partial charge in [-0.25, -0.2) is 9.37 Å². The van der Waals surface area contributed by atoms with Crippen LogP contribution in [0.5, 0.6) is 0 Å². The van der Waals surface area contributed by atoms with Crippen LogP contribution in [-0.2, 0) is 13.0 Å². The number of fused-ring (bicyclic) bond motifs is 3. The third-order valence-corrected chi connectivity index (χ3v) is 4.45. The van der Waals surface area contributed by atoms with E-state index in [2.05, 4.69) is 30.9 Å². The van der Waals surface area contributed by atoms with Crippen LogP contribution >= 0.6 is 9.24 Å². The monoisotopic (exact) mass is 272 g/mol. The van der Waals surface area contributed by atoms with E-state index in [1.807, 2.05) is 6.07 Å². The maximum atomic E-state index is 13.5. The second-order valence-electron chi connectivity index (χ2n) is 5.21. The van der Waals surface area contributed by atoms with E-state index >= 15 is 0 Å². The third-order valence-electron chi connectivity index (χ3n) is 3.97. The first-order valence-electron chi connectivity index (χ1n) is 6.56. The second-order valence-corrected chi connectivity index (χ2v) is 5.90. The summed E-state index contributed by atoms with van der Waals surface area (Å²) in [6.07, 6.45) is 4.57. The van der Waals surface area contributed by atoms with Gasteiger partial charge in [0.25, 0.3) is 0 Å². The first kappa shape index (κ1) is 11.4. The lowest BCUT2D eigenvalue weighted by Crippen LogP contribution is -1.92. The Morgan fingerprint density at radius 3 is 3.00 bits per heavy atom. The number of imidazole rings is 1. The molecule has 0 fully saturated rings. The third kappa shape index (κ3) is 1.68. The fourth-order valence-electron chi connectivity index (χ4n) is 2.98. The molecule has 0 spiro atoms. The van der Waals surface area contributed by atoms with Gasteiger partial charge in [0.15, 0.2) is 0 Å². The van der Waals surface area contributed by atoms with E-state index in [-0.39, 0.29) is 5.83 Å². The molecule has 4 rings (SSSR count). The summed E-state index contributed by atoms with van der Waals surface area (Å²) in [5, 5.41) is 0.744. The van der Waals surface area contributed by atoms with Crippen LogP contribution in [0, 0.1) is 0 Å². The Morgan fingerprint density at radius 2 is 2.21 bits per heavy atom. The van der Waals surface area contributed by atoms with Gasteiger partial charge in [-0.2, -0.15) is 0 Å². The van der Waals surface area contributed by atoms with Crippen LogP contribution < -0.4 is 0 Å². The molecule has 2 aliphatic rings. The van der Waals surface area contributed by atoms with E-state index in [1.54, 1.807) is 6.08 Å². The van der Waals surface area contributed by atoms with Crippen LogP contribution in [0.2, 0.25) is 0 Å². The minimum absolute atomic E-state index is 0.112. The number of nitrogens with zero attached hydrogens (tertiary/aromatic N) is 2. The molecule has 0 radical (unpaired) electrons. The summed E-state index contributed by atoms with van der Waals surface area (Å²) in [5.41, 5.74) is 4.40. The van der Waals surface area contributed by atoms with Gasteiger partial charge in [-0.1, -0.05) is 6.07 Å². The number of aromatic nitrogens is 2. The summed E-state index contributed by atoms with van der Waals surface area (Å²) < 4.78 is 15.8. The number of hydrogen-bond donors (Lipinski definition) is 0. The van der Waals surface area contributed by atoms with Crippen molar-refractivity contribution in [2.24, 2.45) is 0 Å². The SMILES string of the molecule is FC1=C(P)CC(c2ccc3nc4n(c3c2)CCC4)=C1. The van der Waals surface area contributed by atoms with Crippen molar-refractivity contribution in [3.05, 3.63) is 46.8 Å². The van der Waals surface area contributed by atoms with Crippen molar-refractivity contribution < 1.29 is 4.39 Å². The lowest BCUT2D eigenvalue weighted by Gasteiger charge is -2.04. The molecular weight excluding hydrogens is 258 g/mol. The standard InChI is InChI=1S/C15H14FN2P/c16-11-6-10(8-14(11)19)9-3-4-12-13(7-9)18-5-1-2-15(18)17-12/h3-4,6-7H,1-2,5,8,19H2. The lowest BCUT2D eigenvalue weighted by molar-refractivity contribution is 0.666. The van der Waals surface area contributed by atoms with Crippen molar-refractivity contribution in [3.63, 3.8) is 0 Å². The molecule has 2 aromatic rings. The zero-order valence-electron chi connectivity index (χ0n) is 10.5. The van der Waals surface area contributed by atoms with Gasteiger partial charge >= 0.3 is 0 Å². The first-order chi connectivity index (χ1) is 9.22. The van der Waals surface area contributed by atoms with Gasteiger partial charge in [-0.3, -0.25) is 0 Å². The molecule has 2 heterocycles. The van der Waals surface area contributed by atoms with E-state index in [1.165, 1.54) is 17.8 Å². The average Bonchev–Trinajstić information content (AvgIpc) is 3.04. The molecule has 0 amide bonds. The van der Waals surface area contributed by atoms with E-state index in [4.69, 9.17) is 0 Å². The maximum absolute atomic E-state index is 13.5. The summed E-state index contributed by atoms with van der Waals surface area (Å²) in [6, 6.07) is 6.25. The molecule has 2 nitrogen and oxygen atoms in total. The minimum Gasteiger partial charge on any atom is -0.328 e. The van der Waals surface area contributed by atoms with Crippen LogP contribution in [0.15, 0.2) is 35.4 Å². The maximum Gasteiger partial charge on any atom is 0.126 e. The van der Waals surface area contributed by atoms with Gasteiger partial charge in [-0.15, -0.1) is 9.24 Å². The molecule has 19 heavy (non-hydrogen) atoms. The normalized spacial score (nSPS) is 18.3. The van der Waals surface area contributed by atoms with Gasteiger partial charge in [0.05, 0.1) is 11.0 Å². The molecule has 96 valence electrons. The zero-order chi connectivity index (χ0) is 13.0. The van der Waals surface area contributed by atoms with Crippen molar-refractivity contribution in [3.8, 4) is 0 Å². The predicted molar refractivity (Wildman–Crippen MR) is 78.5 cm³/mol. The Morgan fingerprint density at radius 1 is 1.32 bits per heavy atom. The van der Waals surface area contributed by atoms with Crippen LogP contribution in [0.25, 0.3) is 16.6 Å². The number of allylic oxidation sites excluding steroid dienone is 4. The van der Waals surface area contributed by atoms with Crippen molar-refractivity contribution >= 4 is 25.8 Å². The number of rotatable bonds is 1. The summed E-state index contributed by atoms with van der Waals surface area (Å²) in [4.78, 5) is 4.65. The number of hydrogen-bond acceptors (Lipinski definition) is 1. The lowest BCUT2D eigenvalue weighted by atomic mass is 10.0. The van der Waals surface area contributed by atoms with Gasteiger partial charge < -0.3 is 4.57 Å². The number of benzene rings is 1. The molecule has 0 N–H and O–H groups in total. The van der Waals surface area contributed by atoms with E-state index in [0.717, 1.165) is 34.9 Å². The molecule has 1 aromatic heterocycles. The van der Waals surface area contributed by atoms with E-state index < -0.39 is 0 Å². The van der Waals surface area contributed by atoms with Gasteiger partial charge in [0.1, 0.15) is 11.7 Å². The minimum atomic E-state index is -0.112. The van der Waals surface area contributed by atoms with Crippen LogP contribution in [-0.4, -0.2) is 9.55 Å². The molecule has 0 saturated heterocycles. The molecule has 1 aliphatic carbocycles. The van der Waals surface area contributed by atoms with Gasteiger partial charge in [0.2, 0.25) is 0 Å². The fraction of sp³-hybridized carbons (Fsp3) is 0.267. The molecule has 0 saturated carbocycles. The highest BCUT2D eigenvalue weighted by Crippen LogP contribution is 2.37. The van der Waals surface area contributed by atoms with Crippen LogP contribution in [0.4, 0.5) is 4.39 Å². The Bertz CT molecular complexity index is 755. The predicted octanol–water partition coefficient (Wildman–Crippen LogP) is 3.83. The van der Waals surface area contributed by atoms with Crippen molar-refractivity contribution in [2.75, 3.05) is 0 Å². The Balaban J connectivity index is 1.83. The number of aryl methyl sites for hydroxylation is 2. The first-order valence-corrected chi connectivity index (χ1v) is 7.14. The second kappa shape index (κ2) is 4.01. The van der Waals surface area contributed by atoms with Crippen molar-refractivity contribution in [1.29, 1.82) is 0 Å². The smallest absolute Gasteiger partial charge is 0.126 e. The van der Waals surface area contributed by atoms with Crippen LogP contribution in [0.3, 0.4) is 0 Å². The van der Waals surface area contributed by atoms with Crippen molar-refractivity contribution in [2.45, 2.75) is 25.8 Å². The van der Waals surface area contributed by atoms with Crippen LogP contribution in [0.1, 0.15) is 24.2 Å². The van der Waals surface area contributed by atoms with Crippen molar-refractivity contribution in [1.82, 2.24) is 9.55 Å². The Labute approximate surface area is 113 Å². The highest BCUT2D eigenvalue weighted by atomic mass is 31.0. The number of halogens is 1. The molecule has 1 aliphatic heterocycles. The summed E-state index contributed by atoms with van der Waals surface area (Å²) >= 11 is 0. The molecular formula is C15H14FN2P. The van der Waals surface area contributed by atoms with E-state index in [0.29, 0.717) is 6.42 Å². The summed E-state index contributed by atoms with van der Waals surface area (Å²) in [5.74, 6) is 1.07. The topological polar surface area (TPSA) is 17.8 Å². The zero-order valence-corrected chi connectivity index (χ0v) is 11.6. The molecule has 4 heteroatoms. The molecule has 1 aromatic carbocycles. The average molecular weight is 272 g/mol. The fourth-order valence-corrected chi connectivity index (χ4v) is 3.28. The highest BCUT2D eigenvalue weighted by Gasteiger charge is 2.18. The Hall–Kier alpha value is -1.47. The largest absolute Gasteiger partial charge is 0.328 e.